The molecular formula is C50H26F3IN6. The SMILES string of the molecule is Fc1cc(-c2nc(-c3cc(F)c(-c4cnc5c(ccc6cccnc65)c4)c(I)c3)cc(-c3ccc4ccccc4c3)n2)cc(F)c1-c1cnc2c(ccc3cccnc32)c1. The monoisotopic (exact) mass is 894 g/mol. The molecule has 0 spiro atoms. The van der Waals surface area contributed by atoms with Crippen LogP contribution in [0.2, 0.25) is 0 Å². The fourth-order valence-corrected chi connectivity index (χ4v) is 8.85. The molecule has 11 aromatic rings. The maximum Gasteiger partial charge on any atom is 0.160 e. The highest BCUT2D eigenvalue weighted by molar-refractivity contribution is 14.1. The second kappa shape index (κ2) is 14.3. The van der Waals surface area contributed by atoms with E-state index in [1.807, 2.05) is 103 Å². The first-order valence-electron chi connectivity index (χ1n) is 19.0. The van der Waals surface area contributed by atoms with Gasteiger partial charge in [-0.2, -0.15) is 0 Å². The quantitative estimate of drug-likeness (QED) is 0.127. The van der Waals surface area contributed by atoms with Gasteiger partial charge >= 0.3 is 0 Å². The lowest BCUT2D eigenvalue weighted by Crippen LogP contribution is -2.00. The van der Waals surface area contributed by atoms with Gasteiger partial charge in [-0.3, -0.25) is 19.9 Å². The zero-order chi connectivity index (χ0) is 40.5. The molecule has 284 valence electrons. The van der Waals surface area contributed by atoms with Crippen LogP contribution >= 0.6 is 22.6 Å². The molecule has 0 fully saturated rings. The number of hydrogen-bond donors (Lipinski definition) is 0. The highest BCUT2D eigenvalue weighted by Gasteiger charge is 2.21. The number of benzene rings is 6. The van der Waals surface area contributed by atoms with Gasteiger partial charge in [0.2, 0.25) is 0 Å². The maximum absolute atomic E-state index is 16.4. The molecule has 5 aromatic heterocycles. The Morgan fingerprint density at radius 1 is 0.367 bits per heavy atom. The third-order valence-corrected chi connectivity index (χ3v) is 11.7. The lowest BCUT2D eigenvalue weighted by molar-refractivity contribution is 0.590. The van der Waals surface area contributed by atoms with Crippen molar-refractivity contribution in [2.24, 2.45) is 0 Å². The minimum absolute atomic E-state index is 0.0771. The van der Waals surface area contributed by atoms with E-state index in [1.165, 1.54) is 24.4 Å². The van der Waals surface area contributed by atoms with Gasteiger partial charge in [-0.25, -0.2) is 23.1 Å². The van der Waals surface area contributed by atoms with Crippen LogP contribution in [0.5, 0.6) is 0 Å². The van der Waals surface area contributed by atoms with Gasteiger partial charge in [0.1, 0.15) is 17.5 Å². The molecule has 60 heavy (non-hydrogen) atoms. The topological polar surface area (TPSA) is 77.3 Å². The number of fused-ring (bicyclic) bond motifs is 7. The molecule has 0 radical (unpaired) electrons. The van der Waals surface area contributed by atoms with E-state index in [0.29, 0.717) is 48.1 Å². The Morgan fingerprint density at radius 3 is 1.48 bits per heavy atom. The Labute approximate surface area is 353 Å². The van der Waals surface area contributed by atoms with Crippen molar-refractivity contribution in [3.05, 3.63) is 179 Å². The summed E-state index contributed by atoms with van der Waals surface area (Å²) in [5.74, 6) is -2.00. The Balaban J connectivity index is 1.03. The molecule has 6 aromatic carbocycles. The van der Waals surface area contributed by atoms with Crippen molar-refractivity contribution in [2.45, 2.75) is 0 Å². The first-order chi connectivity index (χ1) is 29.3. The van der Waals surface area contributed by atoms with Crippen LogP contribution in [0.1, 0.15) is 0 Å². The number of nitrogens with zero attached hydrogens (tertiary/aromatic N) is 6. The van der Waals surface area contributed by atoms with Crippen LogP contribution in [0.15, 0.2) is 158 Å². The van der Waals surface area contributed by atoms with Gasteiger partial charge in [0.25, 0.3) is 0 Å². The lowest BCUT2D eigenvalue weighted by Gasteiger charge is -2.14. The van der Waals surface area contributed by atoms with E-state index in [0.717, 1.165) is 43.5 Å². The molecule has 0 aliphatic rings. The standard InChI is InChI=1S/C50H26F3IN6/c51-38-21-35(22-39(52)44(38)36-18-32-13-10-28-7-3-15-55-46(28)48(32)57-25-36)50-59-42(31-12-9-27-5-1-2-6-30(27)17-31)24-43(60-50)34-20-40(53)45(41(54)23-34)37-19-33-14-11-29-8-4-16-56-47(29)49(33)58-26-37/h1-26H. The highest BCUT2D eigenvalue weighted by Crippen LogP contribution is 2.38. The van der Waals surface area contributed by atoms with E-state index >= 15 is 13.2 Å². The predicted octanol–water partition coefficient (Wildman–Crippen LogP) is 13.2. The Morgan fingerprint density at radius 2 is 0.850 bits per heavy atom. The molecular weight excluding hydrogens is 868 g/mol. The van der Waals surface area contributed by atoms with Crippen LogP contribution in [0.3, 0.4) is 0 Å². The summed E-state index contributed by atoms with van der Waals surface area (Å²) < 4.78 is 49.6. The smallest absolute Gasteiger partial charge is 0.160 e. The van der Waals surface area contributed by atoms with Gasteiger partial charge in [0.15, 0.2) is 5.82 Å². The molecule has 0 saturated heterocycles. The van der Waals surface area contributed by atoms with E-state index in [-0.39, 0.29) is 22.5 Å². The van der Waals surface area contributed by atoms with Crippen LogP contribution in [0, 0.1) is 21.0 Å². The summed E-state index contributed by atoms with van der Waals surface area (Å²) in [5, 5.41) is 5.46. The predicted molar refractivity (Wildman–Crippen MR) is 241 cm³/mol. The van der Waals surface area contributed by atoms with Crippen molar-refractivity contribution < 1.29 is 13.2 Å². The normalized spacial score (nSPS) is 11.7. The molecule has 0 unspecified atom stereocenters. The molecule has 0 aliphatic carbocycles. The van der Waals surface area contributed by atoms with Crippen LogP contribution in [0.25, 0.3) is 111 Å². The Bertz CT molecular complexity index is 3340. The van der Waals surface area contributed by atoms with E-state index in [4.69, 9.17) is 15.0 Å². The average molecular weight is 895 g/mol. The number of pyridine rings is 4. The second-order valence-electron chi connectivity index (χ2n) is 14.5. The minimum atomic E-state index is -0.802. The van der Waals surface area contributed by atoms with Crippen molar-refractivity contribution in [3.8, 4) is 56.2 Å². The summed E-state index contributed by atoms with van der Waals surface area (Å²) >= 11 is 2.13. The summed E-state index contributed by atoms with van der Waals surface area (Å²) in [6.07, 6.45) is 6.54. The van der Waals surface area contributed by atoms with E-state index in [2.05, 4.69) is 37.5 Å². The van der Waals surface area contributed by atoms with Crippen LogP contribution in [-0.4, -0.2) is 29.9 Å². The molecule has 10 heteroatoms. The maximum atomic E-state index is 16.4. The second-order valence-corrected chi connectivity index (χ2v) is 15.7. The number of hydrogen-bond acceptors (Lipinski definition) is 6. The van der Waals surface area contributed by atoms with Crippen molar-refractivity contribution in [1.29, 1.82) is 0 Å². The molecule has 0 N–H and O–H groups in total. The molecule has 5 heterocycles. The van der Waals surface area contributed by atoms with Crippen LogP contribution in [0.4, 0.5) is 13.2 Å². The molecule has 0 bridgehead atoms. The summed E-state index contributed by atoms with van der Waals surface area (Å²) in [4.78, 5) is 27.9. The zero-order valence-electron chi connectivity index (χ0n) is 31.2. The minimum Gasteiger partial charge on any atom is -0.254 e. The average Bonchev–Trinajstić information content (AvgIpc) is 3.28. The summed E-state index contributed by atoms with van der Waals surface area (Å²) in [5.41, 5.74) is 6.16. The lowest BCUT2D eigenvalue weighted by atomic mass is 9.99. The molecule has 0 aliphatic heterocycles. The van der Waals surface area contributed by atoms with Crippen LogP contribution in [-0.2, 0) is 0 Å². The van der Waals surface area contributed by atoms with Gasteiger partial charge in [-0.15, -0.1) is 0 Å². The van der Waals surface area contributed by atoms with Gasteiger partial charge in [-0.1, -0.05) is 72.8 Å². The summed E-state index contributed by atoms with van der Waals surface area (Å²) in [6.45, 7) is 0. The van der Waals surface area contributed by atoms with E-state index in [9.17, 15) is 0 Å². The van der Waals surface area contributed by atoms with E-state index < -0.39 is 17.5 Å². The number of aromatic nitrogens is 6. The molecule has 0 amide bonds. The number of halogens is 4. The van der Waals surface area contributed by atoms with Crippen molar-refractivity contribution in [2.75, 3.05) is 0 Å². The Kier molecular flexibility index (Phi) is 8.55. The fourth-order valence-electron chi connectivity index (χ4n) is 7.94. The first kappa shape index (κ1) is 35.9. The molecule has 0 atom stereocenters. The third kappa shape index (κ3) is 6.18. The van der Waals surface area contributed by atoms with Crippen molar-refractivity contribution >= 4 is 77.0 Å². The number of rotatable bonds is 5. The van der Waals surface area contributed by atoms with E-state index in [1.54, 1.807) is 30.7 Å². The van der Waals surface area contributed by atoms with Crippen molar-refractivity contribution in [1.82, 2.24) is 29.9 Å². The van der Waals surface area contributed by atoms with Gasteiger partial charge < -0.3 is 0 Å². The van der Waals surface area contributed by atoms with Crippen LogP contribution < -0.4 is 0 Å². The Hall–Kier alpha value is -7.18. The summed E-state index contributed by atoms with van der Waals surface area (Å²) in [6, 6.07) is 40.3. The van der Waals surface area contributed by atoms with Gasteiger partial charge in [-0.05, 0) is 94.0 Å². The molecule has 6 nitrogen and oxygen atoms in total. The molecule has 0 saturated carbocycles. The van der Waals surface area contributed by atoms with Crippen molar-refractivity contribution in [3.63, 3.8) is 0 Å². The van der Waals surface area contributed by atoms with Gasteiger partial charge in [0, 0.05) is 83.3 Å². The third-order valence-electron chi connectivity index (χ3n) is 10.8. The largest absolute Gasteiger partial charge is 0.254 e. The summed E-state index contributed by atoms with van der Waals surface area (Å²) in [7, 11) is 0. The molecule has 11 rings (SSSR count). The fraction of sp³-hybridized carbons (Fsp3) is 0. The van der Waals surface area contributed by atoms with Gasteiger partial charge in [0.05, 0.1) is 39.0 Å². The zero-order valence-corrected chi connectivity index (χ0v) is 33.4. The first-order valence-corrected chi connectivity index (χ1v) is 20.1. The highest BCUT2D eigenvalue weighted by atomic mass is 127.